The summed E-state index contributed by atoms with van der Waals surface area (Å²) < 4.78 is 14.2. The number of ketones is 1. The molecule has 106 valence electrons. The fourth-order valence-electron chi connectivity index (χ4n) is 1.73. The van der Waals surface area contributed by atoms with E-state index in [4.69, 9.17) is 0 Å². The summed E-state index contributed by atoms with van der Waals surface area (Å²) >= 11 is 4.66. The summed E-state index contributed by atoms with van der Waals surface area (Å²) in [6.07, 6.45) is 0.125. The van der Waals surface area contributed by atoms with Gasteiger partial charge in [0.2, 0.25) is 0 Å². The molecule has 0 saturated heterocycles. The zero-order valence-corrected chi connectivity index (χ0v) is 13.9. The Labute approximate surface area is 130 Å². The van der Waals surface area contributed by atoms with Gasteiger partial charge in [-0.25, -0.2) is 9.37 Å². The Morgan fingerprint density at radius 2 is 2.10 bits per heavy atom. The van der Waals surface area contributed by atoms with E-state index < -0.39 is 5.82 Å². The van der Waals surface area contributed by atoms with Crippen LogP contribution in [-0.2, 0) is 11.8 Å². The van der Waals surface area contributed by atoms with Gasteiger partial charge in [0.15, 0.2) is 5.78 Å². The monoisotopic (exact) mass is 355 g/mol. The molecule has 0 fully saturated rings. The van der Waals surface area contributed by atoms with Gasteiger partial charge in [0.05, 0.1) is 17.7 Å². The van der Waals surface area contributed by atoms with Crippen LogP contribution in [0.25, 0.3) is 0 Å². The van der Waals surface area contributed by atoms with Crippen molar-refractivity contribution in [1.82, 2.24) is 4.98 Å². The number of thiazole rings is 1. The molecule has 0 unspecified atom stereocenters. The summed E-state index contributed by atoms with van der Waals surface area (Å²) in [7, 11) is 0. The number of carbonyl (C=O) groups is 1. The number of rotatable bonds is 3. The van der Waals surface area contributed by atoms with Crippen LogP contribution in [0, 0.1) is 5.82 Å². The molecule has 2 nitrogen and oxygen atoms in total. The number of benzene rings is 1. The summed E-state index contributed by atoms with van der Waals surface area (Å²) in [4.78, 5) is 16.7. The number of nitrogens with zero attached hydrogens (tertiary/aromatic N) is 1. The first-order chi connectivity index (χ1) is 9.29. The number of hydrogen-bond acceptors (Lipinski definition) is 3. The van der Waals surface area contributed by atoms with Crippen molar-refractivity contribution >= 4 is 33.0 Å². The summed E-state index contributed by atoms with van der Waals surface area (Å²) in [6.45, 7) is 6.21. The smallest absolute Gasteiger partial charge is 0.173 e. The molecule has 0 N–H and O–H groups in total. The third-order valence-electron chi connectivity index (χ3n) is 2.87. The third kappa shape index (κ3) is 3.33. The van der Waals surface area contributed by atoms with Crippen LogP contribution in [0.4, 0.5) is 4.39 Å². The van der Waals surface area contributed by atoms with Crippen molar-refractivity contribution in [3.8, 4) is 0 Å². The van der Waals surface area contributed by atoms with E-state index in [2.05, 4.69) is 41.7 Å². The quantitative estimate of drug-likeness (QED) is 0.742. The second-order valence-corrected chi connectivity index (χ2v) is 7.37. The summed E-state index contributed by atoms with van der Waals surface area (Å²) in [6, 6.07) is 4.52. The van der Waals surface area contributed by atoms with Gasteiger partial charge < -0.3 is 0 Å². The van der Waals surface area contributed by atoms with Gasteiger partial charge in [0.1, 0.15) is 10.8 Å². The molecule has 5 heteroatoms. The lowest BCUT2D eigenvalue weighted by Crippen LogP contribution is -2.12. The van der Waals surface area contributed by atoms with Crippen LogP contribution in [0.15, 0.2) is 28.1 Å². The number of hydrogen-bond donors (Lipinski definition) is 0. The maximum Gasteiger partial charge on any atom is 0.173 e. The maximum atomic E-state index is 13.7. The Morgan fingerprint density at radius 1 is 1.40 bits per heavy atom. The summed E-state index contributed by atoms with van der Waals surface area (Å²) in [5.41, 5.74) is 1.01. The Morgan fingerprint density at radius 3 is 2.65 bits per heavy atom. The Balaban J connectivity index is 2.22. The van der Waals surface area contributed by atoms with Crippen LogP contribution in [0.2, 0.25) is 0 Å². The first-order valence-electron chi connectivity index (χ1n) is 6.21. The van der Waals surface area contributed by atoms with Gasteiger partial charge in [0, 0.05) is 15.3 Å². The molecule has 2 aromatic rings. The predicted molar refractivity (Wildman–Crippen MR) is 82.9 cm³/mol. The molecule has 0 spiro atoms. The number of Topliss-reactive ketones (excluding diaryl/α,β-unsaturated/α-hetero) is 1. The highest BCUT2D eigenvalue weighted by molar-refractivity contribution is 9.10. The van der Waals surface area contributed by atoms with Gasteiger partial charge in [-0.15, -0.1) is 11.3 Å². The lowest BCUT2D eigenvalue weighted by molar-refractivity contribution is 0.0988. The molecular weight excluding hydrogens is 341 g/mol. The average molecular weight is 356 g/mol. The van der Waals surface area contributed by atoms with Crippen LogP contribution in [0.1, 0.15) is 41.8 Å². The first kappa shape index (κ1) is 15.3. The molecule has 1 heterocycles. The highest BCUT2D eigenvalue weighted by atomic mass is 79.9. The zero-order chi connectivity index (χ0) is 14.9. The molecule has 0 bridgehead atoms. The molecule has 0 atom stereocenters. The topological polar surface area (TPSA) is 30.0 Å². The van der Waals surface area contributed by atoms with E-state index in [-0.39, 0.29) is 23.2 Å². The number of aromatic nitrogens is 1. The molecule has 20 heavy (non-hydrogen) atoms. The van der Waals surface area contributed by atoms with Gasteiger partial charge in [-0.3, -0.25) is 4.79 Å². The van der Waals surface area contributed by atoms with Crippen molar-refractivity contribution in [1.29, 1.82) is 0 Å². The van der Waals surface area contributed by atoms with E-state index in [9.17, 15) is 9.18 Å². The van der Waals surface area contributed by atoms with Crippen LogP contribution in [0.3, 0.4) is 0 Å². The minimum atomic E-state index is -0.503. The lowest BCUT2D eigenvalue weighted by Gasteiger charge is -2.14. The highest BCUT2D eigenvalue weighted by Gasteiger charge is 2.20. The Hall–Kier alpha value is -1.07. The van der Waals surface area contributed by atoms with Crippen molar-refractivity contribution in [3.05, 3.63) is 50.1 Å². The van der Waals surface area contributed by atoms with E-state index in [1.807, 2.05) is 5.38 Å². The SMILES string of the molecule is CC(C)(C)c1csc(CC(=O)c2c(F)cccc2Br)n1. The molecule has 0 aliphatic heterocycles. The second kappa shape index (κ2) is 5.74. The molecular formula is C15H15BrFNOS. The number of halogens is 2. The standard InChI is InChI=1S/C15H15BrFNOS/c1-15(2,3)12-8-20-13(18-12)7-11(19)14-9(16)5-4-6-10(14)17/h4-6,8H,7H2,1-3H3. The van der Waals surface area contributed by atoms with E-state index in [0.29, 0.717) is 4.47 Å². The van der Waals surface area contributed by atoms with Crippen LogP contribution < -0.4 is 0 Å². The summed E-state index contributed by atoms with van der Waals surface area (Å²) in [5.74, 6) is -0.762. The Bertz CT molecular complexity index is 625. The fraction of sp³-hybridized carbons (Fsp3) is 0.333. The lowest BCUT2D eigenvalue weighted by atomic mass is 9.93. The van der Waals surface area contributed by atoms with Crippen molar-refractivity contribution in [3.63, 3.8) is 0 Å². The molecule has 0 aliphatic carbocycles. The zero-order valence-electron chi connectivity index (χ0n) is 11.5. The second-order valence-electron chi connectivity index (χ2n) is 5.57. The van der Waals surface area contributed by atoms with Gasteiger partial charge in [-0.2, -0.15) is 0 Å². The predicted octanol–water partition coefficient (Wildman–Crippen LogP) is 4.77. The van der Waals surface area contributed by atoms with Crippen molar-refractivity contribution in [2.24, 2.45) is 0 Å². The van der Waals surface area contributed by atoms with Crippen molar-refractivity contribution in [2.45, 2.75) is 32.6 Å². The average Bonchev–Trinajstić information content (AvgIpc) is 2.76. The van der Waals surface area contributed by atoms with E-state index in [1.165, 1.54) is 17.4 Å². The molecule has 2 rings (SSSR count). The molecule has 1 aromatic heterocycles. The van der Waals surface area contributed by atoms with Crippen molar-refractivity contribution in [2.75, 3.05) is 0 Å². The molecule has 0 radical (unpaired) electrons. The first-order valence-corrected chi connectivity index (χ1v) is 7.88. The van der Waals surface area contributed by atoms with E-state index in [1.54, 1.807) is 12.1 Å². The van der Waals surface area contributed by atoms with Crippen molar-refractivity contribution < 1.29 is 9.18 Å². The van der Waals surface area contributed by atoms with Gasteiger partial charge >= 0.3 is 0 Å². The van der Waals surface area contributed by atoms with Crippen LogP contribution >= 0.6 is 27.3 Å². The van der Waals surface area contributed by atoms with Gasteiger partial charge in [-0.1, -0.05) is 26.8 Å². The normalized spacial score (nSPS) is 11.7. The van der Waals surface area contributed by atoms with E-state index in [0.717, 1.165) is 10.7 Å². The minimum absolute atomic E-state index is 0.0453. The third-order valence-corrected chi connectivity index (χ3v) is 4.38. The largest absolute Gasteiger partial charge is 0.294 e. The fourth-order valence-corrected chi connectivity index (χ4v) is 3.31. The van der Waals surface area contributed by atoms with Gasteiger partial charge in [0.25, 0.3) is 0 Å². The minimum Gasteiger partial charge on any atom is -0.294 e. The number of carbonyl (C=O) groups excluding carboxylic acids is 1. The van der Waals surface area contributed by atoms with Gasteiger partial charge in [-0.05, 0) is 28.1 Å². The Kier molecular flexibility index (Phi) is 4.39. The molecule has 0 amide bonds. The molecule has 0 saturated carbocycles. The maximum absolute atomic E-state index is 13.7. The van der Waals surface area contributed by atoms with E-state index >= 15 is 0 Å². The van der Waals surface area contributed by atoms with Crippen LogP contribution in [0.5, 0.6) is 0 Å². The highest BCUT2D eigenvalue weighted by Crippen LogP contribution is 2.26. The molecule has 0 aliphatic rings. The van der Waals surface area contributed by atoms with Crippen LogP contribution in [-0.4, -0.2) is 10.8 Å². The summed E-state index contributed by atoms with van der Waals surface area (Å²) in [5, 5.41) is 2.68. The molecule has 1 aromatic carbocycles.